The molecule has 90 valence electrons. The van der Waals surface area contributed by atoms with E-state index in [1.807, 2.05) is 6.92 Å². The first-order chi connectivity index (χ1) is 7.34. The molecule has 2 bridgehead atoms. The second-order valence-corrected chi connectivity index (χ2v) is 6.78. The summed E-state index contributed by atoms with van der Waals surface area (Å²) in [6, 6.07) is 0. The Bertz CT molecular complexity index is 320. The van der Waals surface area contributed by atoms with Crippen molar-refractivity contribution in [3.63, 3.8) is 0 Å². The van der Waals surface area contributed by atoms with E-state index >= 15 is 0 Å². The minimum Gasteiger partial charge on any atom is -0.404 e. The van der Waals surface area contributed by atoms with Gasteiger partial charge in [-0.1, -0.05) is 20.8 Å². The standard InChI is InChI=1S/C12H22BNO2/c1-7(14)13-15-10-9-5-8(11(9,2)3)6-12(10,4)16-13/h7-10H,5-6,14H2,1-4H3/t7-,8-,9-,10+,12-/m1/s1. The molecule has 0 aromatic carbocycles. The van der Waals surface area contributed by atoms with Crippen molar-refractivity contribution in [3.05, 3.63) is 0 Å². The Hall–Kier alpha value is -0.0551. The Morgan fingerprint density at radius 1 is 1.38 bits per heavy atom. The van der Waals surface area contributed by atoms with Crippen LogP contribution < -0.4 is 5.73 Å². The maximum atomic E-state index is 6.07. The molecule has 4 rings (SSSR count). The van der Waals surface area contributed by atoms with Crippen LogP contribution in [0.25, 0.3) is 0 Å². The molecule has 16 heavy (non-hydrogen) atoms. The van der Waals surface area contributed by atoms with Gasteiger partial charge in [0.05, 0.1) is 11.7 Å². The molecule has 0 amide bonds. The molecule has 1 heterocycles. The summed E-state index contributed by atoms with van der Waals surface area (Å²) in [5.74, 6) is 1.41. The zero-order valence-corrected chi connectivity index (χ0v) is 10.7. The lowest BCUT2D eigenvalue weighted by atomic mass is 9.45. The van der Waals surface area contributed by atoms with Gasteiger partial charge in [-0.3, -0.25) is 0 Å². The van der Waals surface area contributed by atoms with Crippen molar-refractivity contribution in [2.24, 2.45) is 23.0 Å². The van der Waals surface area contributed by atoms with Gasteiger partial charge in [-0.05, 0) is 37.0 Å². The second-order valence-electron chi connectivity index (χ2n) is 6.78. The maximum absolute atomic E-state index is 6.07. The molecule has 3 saturated carbocycles. The van der Waals surface area contributed by atoms with E-state index in [1.165, 1.54) is 6.42 Å². The van der Waals surface area contributed by atoms with Gasteiger partial charge in [-0.15, -0.1) is 0 Å². The highest BCUT2D eigenvalue weighted by Crippen LogP contribution is 2.64. The molecule has 4 fully saturated rings. The molecule has 1 saturated heterocycles. The Kier molecular flexibility index (Phi) is 2.10. The van der Waals surface area contributed by atoms with Gasteiger partial charge in [0, 0.05) is 5.94 Å². The van der Waals surface area contributed by atoms with Crippen molar-refractivity contribution < 1.29 is 9.31 Å². The van der Waals surface area contributed by atoms with Crippen molar-refractivity contribution in [2.75, 3.05) is 0 Å². The zero-order valence-electron chi connectivity index (χ0n) is 10.7. The summed E-state index contributed by atoms with van der Waals surface area (Å²) in [5, 5.41) is 0. The molecule has 4 aliphatic rings. The monoisotopic (exact) mass is 223 g/mol. The van der Waals surface area contributed by atoms with Gasteiger partial charge < -0.3 is 15.0 Å². The topological polar surface area (TPSA) is 44.5 Å². The first kappa shape index (κ1) is 11.1. The average molecular weight is 223 g/mol. The third-order valence-electron chi connectivity index (χ3n) is 5.26. The fourth-order valence-corrected chi connectivity index (χ4v) is 3.97. The van der Waals surface area contributed by atoms with E-state index in [0.717, 1.165) is 12.3 Å². The molecule has 3 nitrogen and oxygen atoms in total. The molecule has 3 aliphatic carbocycles. The van der Waals surface area contributed by atoms with Crippen molar-refractivity contribution in [1.82, 2.24) is 0 Å². The zero-order chi connectivity index (χ0) is 11.7. The summed E-state index contributed by atoms with van der Waals surface area (Å²) in [6.07, 6.45) is 2.69. The third kappa shape index (κ3) is 1.21. The van der Waals surface area contributed by atoms with Gasteiger partial charge in [0.25, 0.3) is 0 Å². The second kappa shape index (κ2) is 3.03. The van der Waals surface area contributed by atoms with Crippen LogP contribution in [0.3, 0.4) is 0 Å². The number of hydrogen-bond acceptors (Lipinski definition) is 3. The average Bonchev–Trinajstić information content (AvgIpc) is 2.54. The Morgan fingerprint density at radius 2 is 2.06 bits per heavy atom. The van der Waals surface area contributed by atoms with Gasteiger partial charge in [-0.2, -0.15) is 0 Å². The molecule has 4 heteroatoms. The van der Waals surface area contributed by atoms with Crippen molar-refractivity contribution >= 4 is 7.12 Å². The molecular formula is C12H22BNO2. The number of hydrogen-bond donors (Lipinski definition) is 1. The minimum atomic E-state index is -0.204. The number of nitrogens with two attached hydrogens (primary N) is 1. The maximum Gasteiger partial charge on any atom is 0.475 e. The Labute approximate surface area is 98.2 Å². The molecule has 0 unspecified atom stereocenters. The number of rotatable bonds is 1. The summed E-state index contributed by atoms with van der Waals surface area (Å²) in [6.45, 7) is 8.90. The SMILES string of the molecule is C[C@@H](N)B1O[C@H]2[C@H]3C[C@H](C[C@@]2(C)O1)C3(C)C. The lowest BCUT2D eigenvalue weighted by Gasteiger charge is -2.63. The van der Waals surface area contributed by atoms with Crippen molar-refractivity contribution in [1.29, 1.82) is 0 Å². The van der Waals surface area contributed by atoms with Gasteiger partial charge in [0.2, 0.25) is 0 Å². The van der Waals surface area contributed by atoms with Crippen LogP contribution >= 0.6 is 0 Å². The van der Waals surface area contributed by atoms with E-state index in [9.17, 15) is 0 Å². The molecule has 2 N–H and O–H groups in total. The van der Waals surface area contributed by atoms with Crippen LogP contribution in [0.2, 0.25) is 0 Å². The first-order valence-electron chi connectivity index (χ1n) is 6.43. The fourth-order valence-electron chi connectivity index (χ4n) is 3.97. The van der Waals surface area contributed by atoms with Crippen LogP contribution in [-0.4, -0.2) is 24.8 Å². The summed E-state index contributed by atoms with van der Waals surface area (Å²) in [7, 11) is -0.204. The minimum absolute atomic E-state index is 0.0391. The van der Waals surface area contributed by atoms with E-state index in [4.69, 9.17) is 15.0 Å². The van der Waals surface area contributed by atoms with Crippen LogP contribution in [-0.2, 0) is 9.31 Å². The normalized spacial score (nSPS) is 50.8. The predicted molar refractivity (Wildman–Crippen MR) is 63.8 cm³/mol. The van der Waals surface area contributed by atoms with E-state index in [1.54, 1.807) is 0 Å². The van der Waals surface area contributed by atoms with Gasteiger partial charge in [0.1, 0.15) is 0 Å². The van der Waals surface area contributed by atoms with Crippen LogP contribution in [0, 0.1) is 17.3 Å². The van der Waals surface area contributed by atoms with Crippen LogP contribution in [0.4, 0.5) is 0 Å². The summed E-state index contributed by atoms with van der Waals surface area (Å²) >= 11 is 0. The Morgan fingerprint density at radius 3 is 2.62 bits per heavy atom. The summed E-state index contributed by atoms with van der Waals surface area (Å²) < 4.78 is 12.1. The van der Waals surface area contributed by atoms with Gasteiger partial charge >= 0.3 is 7.12 Å². The van der Waals surface area contributed by atoms with Crippen LogP contribution in [0.5, 0.6) is 0 Å². The highest BCUT2D eigenvalue weighted by molar-refractivity contribution is 6.47. The highest BCUT2D eigenvalue weighted by Gasteiger charge is 2.66. The van der Waals surface area contributed by atoms with Crippen LogP contribution in [0.1, 0.15) is 40.5 Å². The largest absolute Gasteiger partial charge is 0.475 e. The molecule has 0 radical (unpaired) electrons. The molecule has 5 atom stereocenters. The molecule has 0 aromatic rings. The van der Waals surface area contributed by atoms with E-state index in [-0.39, 0.29) is 24.8 Å². The smallest absolute Gasteiger partial charge is 0.404 e. The first-order valence-corrected chi connectivity index (χ1v) is 6.43. The van der Waals surface area contributed by atoms with Gasteiger partial charge in [-0.25, -0.2) is 0 Å². The molecular weight excluding hydrogens is 201 g/mol. The summed E-state index contributed by atoms with van der Waals surface area (Å²) in [5.41, 5.74) is 6.24. The Balaban J connectivity index is 1.85. The molecule has 0 aromatic heterocycles. The van der Waals surface area contributed by atoms with E-state index < -0.39 is 0 Å². The lowest BCUT2D eigenvalue weighted by molar-refractivity contribution is -0.185. The van der Waals surface area contributed by atoms with Crippen LogP contribution in [0.15, 0.2) is 0 Å². The third-order valence-corrected chi connectivity index (χ3v) is 5.26. The van der Waals surface area contributed by atoms with E-state index in [0.29, 0.717) is 11.3 Å². The van der Waals surface area contributed by atoms with Crippen molar-refractivity contribution in [2.45, 2.75) is 58.2 Å². The highest BCUT2D eigenvalue weighted by atomic mass is 16.7. The molecule has 1 aliphatic heterocycles. The lowest BCUT2D eigenvalue weighted by Crippen LogP contribution is -2.63. The fraction of sp³-hybridized carbons (Fsp3) is 1.00. The quantitative estimate of drug-likeness (QED) is 0.686. The predicted octanol–water partition coefficient (Wildman–Crippen LogP) is 1.60. The summed E-state index contributed by atoms with van der Waals surface area (Å²) in [4.78, 5) is 0. The van der Waals surface area contributed by atoms with Gasteiger partial charge in [0.15, 0.2) is 0 Å². The molecule has 0 spiro atoms. The van der Waals surface area contributed by atoms with E-state index in [2.05, 4.69) is 20.8 Å². The van der Waals surface area contributed by atoms with Crippen molar-refractivity contribution in [3.8, 4) is 0 Å².